The topological polar surface area (TPSA) is 65.4 Å². The molecule has 5 nitrogen and oxygen atoms in total. The second-order valence-corrected chi connectivity index (χ2v) is 6.10. The van der Waals surface area contributed by atoms with Gasteiger partial charge in [-0.3, -0.25) is 4.79 Å². The smallest absolute Gasteiger partial charge is 0.266 e. The monoisotopic (exact) mass is 351 g/mol. The van der Waals surface area contributed by atoms with E-state index in [0.29, 0.717) is 10.8 Å². The van der Waals surface area contributed by atoms with Crippen molar-refractivity contribution in [2.45, 2.75) is 13.1 Å². The number of nitrogens with one attached hydrogen (secondary N) is 1. The van der Waals surface area contributed by atoms with Crippen molar-refractivity contribution in [2.24, 2.45) is 0 Å². The number of carbonyl (C=O) groups excluding carboxylic acids is 1. The fourth-order valence-electron chi connectivity index (χ4n) is 2.80. The van der Waals surface area contributed by atoms with Crippen molar-refractivity contribution in [2.75, 3.05) is 12.0 Å². The highest BCUT2D eigenvalue weighted by Crippen LogP contribution is 2.36. The fourth-order valence-corrected chi connectivity index (χ4v) is 3.18. The number of methoxy groups -OCH3 is 1. The zero-order valence-corrected chi connectivity index (χ0v) is 14.7. The van der Waals surface area contributed by atoms with Crippen LogP contribution in [0, 0.1) is 18.3 Å². The molecule has 25 heavy (non-hydrogen) atoms. The molecule has 0 bridgehead atoms. The van der Waals surface area contributed by atoms with E-state index in [0.717, 1.165) is 16.8 Å². The molecule has 1 amide bonds. The molecular weight excluding hydrogens is 334 g/mol. The van der Waals surface area contributed by atoms with Gasteiger partial charge in [-0.25, -0.2) is 0 Å². The third kappa shape index (κ3) is 3.19. The van der Waals surface area contributed by atoms with Gasteiger partial charge in [0.25, 0.3) is 5.91 Å². The molecule has 6 heteroatoms. The van der Waals surface area contributed by atoms with Crippen LogP contribution in [0.15, 0.2) is 59.1 Å². The molecule has 3 rings (SSSR count). The predicted octanol–water partition coefficient (Wildman–Crippen LogP) is 3.30. The van der Waals surface area contributed by atoms with Gasteiger partial charge in [0.2, 0.25) is 0 Å². The van der Waals surface area contributed by atoms with E-state index < -0.39 is 12.1 Å². The number of aryl methyl sites for hydroxylation is 1. The van der Waals surface area contributed by atoms with Crippen molar-refractivity contribution >= 4 is 24.2 Å². The Morgan fingerprint density at radius 3 is 2.68 bits per heavy atom. The Labute approximate surface area is 151 Å². The van der Waals surface area contributed by atoms with E-state index in [1.165, 1.54) is 0 Å². The van der Waals surface area contributed by atoms with Crippen LogP contribution in [0.1, 0.15) is 17.3 Å². The van der Waals surface area contributed by atoms with Crippen molar-refractivity contribution in [1.29, 1.82) is 5.26 Å². The first kappa shape index (κ1) is 16.9. The van der Waals surface area contributed by atoms with Crippen LogP contribution < -0.4 is 15.0 Å². The Bertz CT molecular complexity index is 902. The number of rotatable bonds is 3. The number of thiol groups is 1. The van der Waals surface area contributed by atoms with Gasteiger partial charge in [-0.15, -0.1) is 12.6 Å². The van der Waals surface area contributed by atoms with Crippen molar-refractivity contribution < 1.29 is 9.53 Å². The summed E-state index contributed by atoms with van der Waals surface area (Å²) in [6.07, 6.45) is -0.492. The molecule has 0 saturated heterocycles. The van der Waals surface area contributed by atoms with E-state index in [4.69, 9.17) is 4.74 Å². The lowest BCUT2D eigenvalue weighted by atomic mass is 10.1. The van der Waals surface area contributed by atoms with Gasteiger partial charge >= 0.3 is 0 Å². The Morgan fingerprint density at radius 2 is 2.00 bits per heavy atom. The summed E-state index contributed by atoms with van der Waals surface area (Å²) >= 11 is 4.49. The van der Waals surface area contributed by atoms with Crippen LogP contribution in [-0.2, 0) is 4.79 Å². The number of amides is 1. The van der Waals surface area contributed by atoms with Gasteiger partial charge in [0, 0.05) is 5.69 Å². The molecule has 1 atom stereocenters. The number of carbonyl (C=O) groups is 1. The van der Waals surface area contributed by atoms with E-state index in [2.05, 4.69) is 17.9 Å². The molecule has 0 saturated carbocycles. The number of hydrogen-bond donors (Lipinski definition) is 2. The highest BCUT2D eigenvalue weighted by molar-refractivity contribution is 7.84. The molecule has 1 unspecified atom stereocenters. The molecule has 0 aromatic heterocycles. The average Bonchev–Trinajstić information content (AvgIpc) is 2.61. The Balaban J connectivity index is 2.17. The van der Waals surface area contributed by atoms with Crippen LogP contribution in [0.5, 0.6) is 5.75 Å². The zero-order valence-electron chi connectivity index (χ0n) is 13.9. The van der Waals surface area contributed by atoms with Crippen LogP contribution in [-0.4, -0.2) is 13.0 Å². The van der Waals surface area contributed by atoms with E-state index >= 15 is 0 Å². The SMILES string of the molecule is COc1cccc(C2NC(=O)C(C#N)=C(S)N2c2cccc(C)c2)c1. The van der Waals surface area contributed by atoms with Crippen LogP contribution >= 0.6 is 12.6 Å². The average molecular weight is 351 g/mol. The maximum Gasteiger partial charge on any atom is 0.266 e. The van der Waals surface area contributed by atoms with Gasteiger partial charge in [0.05, 0.1) is 12.1 Å². The molecule has 0 spiro atoms. The number of anilines is 1. The van der Waals surface area contributed by atoms with Crippen molar-refractivity contribution in [3.63, 3.8) is 0 Å². The molecule has 126 valence electrons. The summed E-state index contributed by atoms with van der Waals surface area (Å²) in [6.45, 7) is 1.99. The number of nitriles is 1. The first-order valence-electron chi connectivity index (χ1n) is 7.69. The van der Waals surface area contributed by atoms with E-state index in [9.17, 15) is 10.1 Å². The number of ether oxygens (including phenoxy) is 1. The van der Waals surface area contributed by atoms with Gasteiger partial charge in [-0.1, -0.05) is 24.3 Å². The number of benzene rings is 2. The standard InChI is InChI=1S/C19H17N3O2S/c1-12-5-3-7-14(9-12)22-17(13-6-4-8-15(10-13)24-2)21-18(23)16(11-20)19(22)25/h3-10,17,25H,1-2H3,(H,21,23). The lowest BCUT2D eigenvalue weighted by molar-refractivity contribution is -0.118. The molecule has 0 radical (unpaired) electrons. The Hall–Kier alpha value is -2.91. The summed E-state index contributed by atoms with van der Waals surface area (Å²) in [4.78, 5) is 14.2. The second-order valence-electron chi connectivity index (χ2n) is 5.67. The summed E-state index contributed by atoms with van der Waals surface area (Å²) in [6, 6.07) is 17.2. The number of nitrogens with zero attached hydrogens (tertiary/aromatic N) is 2. The second kappa shape index (κ2) is 6.91. The minimum absolute atomic E-state index is 0.0102. The van der Waals surface area contributed by atoms with Crippen LogP contribution in [0.25, 0.3) is 0 Å². The maximum absolute atomic E-state index is 12.3. The van der Waals surface area contributed by atoms with Crippen LogP contribution in [0.2, 0.25) is 0 Å². The van der Waals surface area contributed by atoms with Crippen LogP contribution in [0.4, 0.5) is 5.69 Å². The Kier molecular flexibility index (Phi) is 4.68. The summed E-state index contributed by atoms with van der Waals surface area (Å²) in [5.41, 5.74) is 2.73. The molecule has 1 aliphatic heterocycles. The summed E-state index contributed by atoms with van der Waals surface area (Å²) < 4.78 is 5.29. The summed E-state index contributed by atoms with van der Waals surface area (Å²) in [7, 11) is 1.59. The van der Waals surface area contributed by atoms with Crippen molar-refractivity contribution in [1.82, 2.24) is 5.32 Å². The first-order chi connectivity index (χ1) is 12.0. The molecule has 1 heterocycles. The third-order valence-electron chi connectivity index (χ3n) is 4.01. The molecule has 2 aromatic carbocycles. The minimum Gasteiger partial charge on any atom is -0.497 e. The van der Waals surface area contributed by atoms with E-state index in [1.807, 2.05) is 66.4 Å². The molecular formula is C19H17N3O2S. The molecule has 2 aromatic rings. The van der Waals surface area contributed by atoms with Crippen LogP contribution in [0.3, 0.4) is 0 Å². The van der Waals surface area contributed by atoms with E-state index in [-0.39, 0.29) is 5.57 Å². The molecule has 1 N–H and O–H groups in total. The lowest BCUT2D eigenvalue weighted by Crippen LogP contribution is -2.46. The highest BCUT2D eigenvalue weighted by Gasteiger charge is 2.34. The first-order valence-corrected chi connectivity index (χ1v) is 8.14. The molecule has 0 fully saturated rings. The minimum atomic E-state index is -0.492. The molecule has 1 aliphatic rings. The Morgan fingerprint density at radius 1 is 1.24 bits per heavy atom. The quantitative estimate of drug-likeness (QED) is 0.833. The van der Waals surface area contributed by atoms with Gasteiger partial charge in [-0.2, -0.15) is 5.26 Å². The van der Waals surface area contributed by atoms with Gasteiger partial charge < -0.3 is 15.0 Å². The number of hydrogen-bond acceptors (Lipinski definition) is 5. The fraction of sp³-hybridized carbons (Fsp3) is 0.158. The lowest BCUT2D eigenvalue weighted by Gasteiger charge is -2.38. The van der Waals surface area contributed by atoms with Crippen molar-refractivity contribution in [3.8, 4) is 11.8 Å². The normalized spacial score (nSPS) is 17.1. The van der Waals surface area contributed by atoms with Gasteiger partial charge in [0.1, 0.15) is 23.6 Å². The summed E-state index contributed by atoms with van der Waals surface area (Å²) in [5, 5.41) is 12.5. The predicted molar refractivity (Wildman–Crippen MR) is 99.2 cm³/mol. The zero-order chi connectivity index (χ0) is 18.0. The molecule has 0 aliphatic carbocycles. The third-order valence-corrected chi connectivity index (χ3v) is 4.45. The van der Waals surface area contributed by atoms with E-state index in [1.54, 1.807) is 7.11 Å². The van der Waals surface area contributed by atoms with Gasteiger partial charge in [0.15, 0.2) is 0 Å². The highest BCUT2D eigenvalue weighted by atomic mass is 32.1. The largest absolute Gasteiger partial charge is 0.497 e. The van der Waals surface area contributed by atoms with Gasteiger partial charge in [-0.05, 0) is 42.3 Å². The summed E-state index contributed by atoms with van der Waals surface area (Å²) in [5.74, 6) is 0.246. The van der Waals surface area contributed by atoms with Crippen molar-refractivity contribution in [3.05, 3.63) is 70.3 Å². The maximum atomic E-state index is 12.3.